The minimum Gasteiger partial charge on any atom is -0.457 e. The number of nitrogens with zero attached hydrogens (tertiary/aromatic N) is 2. The van der Waals surface area contributed by atoms with Crippen molar-refractivity contribution in [1.29, 1.82) is 0 Å². The van der Waals surface area contributed by atoms with Gasteiger partial charge in [-0.05, 0) is 78.2 Å². The number of halogens is 2. The second kappa shape index (κ2) is 12.1. The largest absolute Gasteiger partial charge is 0.457 e. The van der Waals surface area contributed by atoms with E-state index in [1.54, 1.807) is 59.5 Å². The zero-order valence-corrected chi connectivity index (χ0v) is 22.3. The Morgan fingerprint density at radius 3 is 2.08 bits per heavy atom. The summed E-state index contributed by atoms with van der Waals surface area (Å²) < 4.78 is 31.7. The van der Waals surface area contributed by atoms with Gasteiger partial charge in [0.2, 0.25) is 0 Å². The number of benzene rings is 4. The lowest BCUT2D eigenvalue weighted by molar-refractivity contribution is -0.113. The lowest BCUT2D eigenvalue weighted by Gasteiger charge is -2.18. The molecule has 40 heavy (non-hydrogen) atoms. The molecule has 0 bridgehead atoms. The molecule has 0 spiro atoms. The first kappa shape index (κ1) is 27.0. The molecule has 0 radical (unpaired) electrons. The molecule has 0 fully saturated rings. The van der Waals surface area contributed by atoms with Gasteiger partial charge in [0.15, 0.2) is 5.17 Å². The van der Waals surface area contributed by atoms with Crippen LogP contribution in [0.4, 0.5) is 14.5 Å². The Balaban J connectivity index is 1.32. The minimum absolute atomic E-state index is 0.0291. The maximum absolute atomic E-state index is 13.5. The molecular formula is C32H24F2N2O3S. The smallest absolute Gasteiger partial charge is 0.338 e. The molecule has 8 heteroatoms. The van der Waals surface area contributed by atoms with E-state index >= 15 is 0 Å². The van der Waals surface area contributed by atoms with Crippen molar-refractivity contribution in [2.45, 2.75) is 19.3 Å². The third kappa shape index (κ3) is 6.52. The number of ether oxygens (including phenoxy) is 1. The Morgan fingerprint density at radius 2 is 1.45 bits per heavy atom. The second-order valence-corrected chi connectivity index (χ2v) is 10.1. The number of esters is 1. The van der Waals surface area contributed by atoms with Crippen LogP contribution >= 0.6 is 11.8 Å². The van der Waals surface area contributed by atoms with E-state index in [9.17, 15) is 18.4 Å². The number of hydrogen-bond acceptors (Lipinski definition) is 5. The van der Waals surface area contributed by atoms with Crippen LogP contribution in [0.3, 0.4) is 0 Å². The zero-order valence-electron chi connectivity index (χ0n) is 21.5. The van der Waals surface area contributed by atoms with Crippen molar-refractivity contribution in [2.75, 3.05) is 4.90 Å². The van der Waals surface area contributed by atoms with Gasteiger partial charge in [0.25, 0.3) is 5.91 Å². The highest BCUT2D eigenvalue weighted by atomic mass is 32.2. The molecule has 4 aromatic carbocycles. The van der Waals surface area contributed by atoms with Gasteiger partial charge in [0.1, 0.15) is 23.9 Å². The summed E-state index contributed by atoms with van der Waals surface area (Å²) in [5, 5.41) is 0.519. The van der Waals surface area contributed by atoms with E-state index in [1.165, 1.54) is 36.0 Å². The molecule has 1 aliphatic heterocycles. The van der Waals surface area contributed by atoms with Crippen molar-refractivity contribution in [2.24, 2.45) is 4.99 Å². The molecule has 0 aromatic heterocycles. The predicted molar refractivity (Wildman–Crippen MR) is 154 cm³/mol. The SMILES string of the molecule is Cc1ccc(N2C(=O)/C(=C/c3ccc(C(=O)OCc4ccc(F)cc4)cc3)N=C2SCc2ccc(F)cc2)cc1. The fourth-order valence-corrected chi connectivity index (χ4v) is 4.90. The van der Waals surface area contributed by atoms with Crippen LogP contribution in [0.15, 0.2) is 108 Å². The standard InChI is InChI=1S/C32H24F2N2O3S/c1-21-2-16-28(17-3-21)36-30(37)29(35-32(36)40-20-24-8-14-27(34)15-9-24)18-22-4-10-25(11-5-22)31(38)39-19-23-6-12-26(33)13-7-23/h2-18H,19-20H2,1H3/b29-18-. The molecule has 0 atom stereocenters. The zero-order chi connectivity index (χ0) is 28.1. The summed E-state index contributed by atoms with van der Waals surface area (Å²) in [7, 11) is 0. The number of carbonyl (C=O) groups is 2. The third-order valence-corrected chi connectivity index (χ3v) is 7.15. The first-order valence-electron chi connectivity index (χ1n) is 12.5. The predicted octanol–water partition coefficient (Wildman–Crippen LogP) is 7.31. The fourth-order valence-electron chi connectivity index (χ4n) is 3.93. The molecule has 0 N–H and O–H groups in total. The number of thioether (sulfide) groups is 1. The van der Waals surface area contributed by atoms with E-state index in [2.05, 4.69) is 4.99 Å². The summed E-state index contributed by atoms with van der Waals surface area (Å²) in [4.78, 5) is 32.1. The van der Waals surface area contributed by atoms with E-state index in [0.717, 1.165) is 11.1 Å². The van der Waals surface area contributed by atoms with Gasteiger partial charge in [0.05, 0.1) is 11.3 Å². The van der Waals surface area contributed by atoms with Crippen LogP contribution < -0.4 is 4.90 Å². The van der Waals surface area contributed by atoms with Crippen molar-refractivity contribution < 1.29 is 23.1 Å². The Labute approximate surface area is 234 Å². The molecule has 1 heterocycles. The summed E-state index contributed by atoms with van der Waals surface area (Å²) in [5.74, 6) is -0.931. The van der Waals surface area contributed by atoms with Gasteiger partial charge in [-0.3, -0.25) is 9.69 Å². The molecule has 4 aromatic rings. The number of rotatable bonds is 7. The number of hydrogen-bond donors (Lipinski definition) is 0. The average molecular weight is 555 g/mol. The number of aliphatic imine (C=N–C) groups is 1. The maximum Gasteiger partial charge on any atom is 0.338 e. The van der Waals surface area contributed by atoms with E-state index in [1.807, 2.05) is 31.2 Å². The Morgan fingerprint density at radius 1 is 0.850 bits per heavy atom. The highest BCUT2D eigenvalue weighted by Crippen LogP contribution is 2.31. The van der Waals surface area contributed by atoms with Crippen LogP contribution in [0.2, 0.25) is 0 Å². The van der Waals surface area contributed by atoms with Gasteiger partial charge in [0, 0.05) is 5.75 Å². The first-order valence-corrected chi connectivity index (χ1v) is 13.4. The molecule has 1 aliphatic rings. The second-order valence-electron chi connectivity index (χ2n) is 9.14. The molecule has 0 unspecified atom stereocenters. The van der Waals surface area contributed by atoms with Gasteiger partial charge in [-0.25, -0.2) is 18.6 Å². The van der Waals surface area contributed by atoms with Gasteiger partial charge < -0.3 is 4.74 Å². The van der Waals surface area contributed by atoms with Crippen molar-refractivity contribution in [1.82, 2.24) is 0 Å². The fraction of sp³-hybridized carbons (Fsp3) is 0.0938. The van der Waals surface area contributed by atoms with Gasteiger partial charge >= 0.3 is 5.97 Å². The van der Waals surface area contributed by atoms with Crippen LogP contribution in [0.5, 0.6) is 0 Å². The molecule has 5 rings (SSSR count). The highest BCUT2D eigenvalue weighted by Gasteiger charge is 2.32. The topological polar surface area (TPSA) is 59.0 Å². The van der Waals surface area contributed by atoms with Crippen LogP contribution in [0.25, 0.3) is 6.08 Å². The summed E-state index contributed by atoms with van der Waals surface area (Å²) in [6.45, 7) is 2.00. The van der Waals surface area contributed by atoms with Crippen molar-refractivity contribution in [3.63, 3.8) is 0 Å². The number of aryl methyl sites for hydroxylation is 1. The monoisotopic (exact) mass is 554 g/mol. The normalized spacial score (nSPS) is 14.0. The van der Waals surface area contributed by atoms with Crippen LogP contribution in [0.1, 0.15) is 32.6 Å². The molecule has 200 valence electrons. The first-order chi connectivity index (χ1) is 19.4. The van der Waals surface area contributed by atoms with E-state index < -0.39 is 5.97 Å². The number of amidine groups is 1. The lowest BCUT2D eigenvalue weighted by atomic mass is 10.1. The number of carbonyl (C=O) groups excluding carboxylic acids is 2. The van der Waals surface area contributed by atoms with Gasteiger partial charge in [-0.1, -0.05) is 65.9 Å². The van der Waals surface area contributed by atoms with Gasteiger partial charge in [-0.15, -0.1) is 0 Å². The lowest BCUT2D eigenvalue weighted by Crippen LogP contribution is -2.30. The van der Waals surface area contributed by atoms with Crippen molar-refractivity contribution in [3.05, 3.63) is 142 Å². The van der Waals surface area contributed by atoms with Crippen LogP contribution in [-0.4, -0.2) is 17.0 Å². The Kier molecular flexibility index (Phi) is 8.17. The van der Waals surface area contributed by atoms with Crippen LogP contribution in [0, 0.1) is 18.6 Å². The molecule has 0 aliphatic carbocycles. The summed E-state index contributed by atoms with van der Waals surface area (Å²) in [5.41, 5.74) is 4.65. The Bertz CT molecular complexity index is 1580. The molecular weight excluding hydrogens is 530 g/mol. The van der Waals surface area contributed by atoms with Crippen LogP contribution in [-0.2, 0) is 21.9 Å². The van der Waals surface area contributed by atoms with E-state index in [4.69, 9.17) is 4.74 Å². The quantitative estimate of drug-likeness (QED) is 0.178. The van der Waals surface area contributed by atoms with E-state index in [0.29, 0.717) is 33.3 Å². The average Bonchev–Trinajstić information content (AvgIpc) is 3.27. The summed E-state index contributed by atoms with van der Waals surface area (Å²) in [6, 6.07) is 26.2. The van der Waals surface area contributed by atoms with Gasteiger partial charge in [-0.2, -0.15) is 0 Å². The molecule has 5 nitrogen and oxygen atoms in total. The number of anilines is 1. The minimum atomic E-state index is -0.511. The summed E-state index contributed by atoms with van der Waals surface area (Å²) >= 11 is 1.39. The summed E-state index contributed by atoms with van der Waals surface area (Å²) in [6.07, 6.45) is 1.67. The van der Waals surface area contributed by atoms with E-state index in [-0.39, 0.29) is 29.8 Å². The molecule has 1 amide bonds. The Hall–Kier alpha value is -4.56. The maximum atomic E-state index is 13.5. The highest BCUT2D eigenvalue weighted by molar-refractivity contribution is 8.13. The molecule has 0 saturated carbocycles. The number of amides is 1. The third-order valence-electron chi connectivity index (χ3n) is 6.14. The molecule has 0 saturated heterocycles. The van der Waals surface area contributed by atoms with Crippen molar-refractivity contribution in [3.8, 4) is 0 Å². The van der Waals surface area contributed by atoms with Crippen molar-refractivity contribution >= 4 is 40.6 Å².